The highest BCUT2D eigenvalue weighted by Crippen LogP contribution is 2.41. The summed E-state index contributed by atoms with van der Waals surface area (Å²) in [7, 11) is 0. The van der Waals surface area contributed by atoms with Crippen molar-refractivity contribution in [3.05, 3.63) is 41.7 Å². The second kappa shape index (κ2) is 7.89. The zero-order chi connectivity index (χ0) is 18.7. The average Bonchev–Trinajstić information content (AvgIpc) is 2.61. The molecular weight excluding hydrogens is 337 g/mol. The summed E-state index contributed by atoms with van der Waals surface area (Å²) in [6.07, 6.45) is 2.33. The second-order valence-electron chi connectivity index (χ2n) is 7.48. The van der Waals surface area contributed by atoms with Crippen LogP contribution in [0.1, 0.15) is 57.9 Å². The molecule has 0 atom stereocenters. The lowest BCUT2D eigenvalue weighted by atomic mass is 9.79. The Kier molecular flexibility index (Phi) is 5.79. The molecule has 0 saturated heterocycles. The Hall–Kier alpha value is -1.71. The fourth-order valence-corrected chi connectivity index (χ4v) is 4.07. The molecule has 0 aliphatic heterocycles. The number of rotatable bonds is 6. The number of hydrogen-bond donors (Lipinski definition) is 0. The lowest BCUT2D eigenvalue weighted by Gasteiger charge is -2.33. The van der Waals surface area contributed by atoms with Gasteiger partial charge in [-0.15, -0.1) is 0 Å². The van der Waals surface area contributed by atoms with Gasteiger partial charge in [0.25, 0.3) is 0 Å². The minimum atomic E-state index is -3.19. The number of hydrogen-bond acceptors (Lipinski definition) is 1. The molecular formula is C22H27F3O. The number of benzene rings is 2. The van der Waals surface area contributed by atoms with Crippen LogP contribution in [-0.4, -0.2) is 6.11 Å². The Morgan fingerprint density at radius 3 is 2.38 bits per heavy atom. The van der Waals surface area contributed by atoms with Crippen molar-refractivity contribution in [1.82, 2.24) is 0 Å². The molecule has 26 heavy (non-hydrogen) atoms. The van der Waals surface area contributed by atoms with E-state index in [2.05, 4.69) is 6.92 Å². The normalized spacial score (nSPS) is 21.1. The van der Waals surface area contributed by atoms with Crippen molar-refractivity contribution in [1.29, 1.82) is 0 Å². The molecule has 0 aromatic heterocycles. The number of fused-ring (bicyclic) bond motifs is 1. The van der Waals surface area contributed by atoms with Gasteiger partial charge in [-0.1, -0.05) is 32.8 Å². The van der Waals surface area contributed by atoms with E-state index >= 15 is 0 Å². The minimum Gasteiger partial charge on any atom is -0.432 e. The molecule has 0 unspecified atom stereocenters. The van der Waals surface area contributed by atoms with E-state index in [1.54, 1.807) is 18.2 Å². The number of ether oxygens (including phenoxy) is 1. The van der Waals surface area contributed by atoms with E-state index in [-0.39, 0.29) is 11.6 Å². The van der Waals surface area contributed by atoms with E-state index in [0.717, 1.165) is 31.1 Å². The Morgan fingerprint density at radius 2 is 1.73 bits per heavy atom. The molecule has 0 amide bonds. The third kappa shape index (κ3) is 4.16. The summed E-state index contributed by atoms with van der Waals surface area (Å²) < 4.78 is 48.3. The van der Waals surface area contributed by atoms with Crippen LogP contribution < -0.4 is 4.74 Å². The quantitative estimate of drug-likeness (QED) is 0.530. The molecule has 142 valence electrons. The van der Waals surface area contributed by atoms with E-state index < -0.39 is 12.0 Å². The van der Waals surface area contributed by atoms with Gasteiger partial charge in [-0.3, -0.25) is 0 Å². The lowest BCUT2D eigenvalue weighted by molar-refractivity contribution is -0.223. The van der Waals surface area contributed by atoms with Crippen LogP contribution in [0.15, 0.2) is 30.3 Å². The van der Waals surface area contributed by atoms with Gasteiger partial charge in [0.05, 0.1) is 5.92 Å². The van der Waals surface area contributed by atoms with Gasteiger partial charge in [-0.05, 0) is 78.6 Å². The SMILES string of the molecule is CCCC1CCC(C(F)(F)Oc2ccc3cc(CC)c(F)cc3c2)CC1. The van der Waals surface area contributed by atoms with Gasteiger partial charge in [-0.2, -0.15) is 8.78 Å². The third-order valence-corrected chi connectivity index (χ3v) is 5.63. The van der Waals surface area contributed by atoms with Crippen LogP contribution in [0, 0.1) is 17.7 Å². The molecule has 1 aliphatic carbocycles. The molecule has 0 N–H and O–H groups in total. The van der Waals surface area contributed by atoms with E-state index in [9.17, 15) is 13.2 Å². The highest BCUT2D eigenvalue weighted by atomic mass is 19.3. The first-order chi connectivity index (χ1) is 12.4. The van der Waals surface area contributed by atoms with Gasteiger partial charge in [-0.25, -0.2) is 4.39 Å². The highest BCUT2D eigenvalue weighted by Gasteiger charge is 2.43. The minimum absolute atomic E-state index is 0.0989. The Bertz CT molecular complexity index is 748. The monoisotopic (exact) mass is 364 g/mol. The summed E-state index contributed by atoms with van der Waals surface area (Å²) in [5, 5.41) is 1.42. The molecule has 0 spiro atoms. The Balaban J connectivity index is 1.73. The van der Waals surface area contributed by atoms with Crippen LogP contribution in [-0.2, 0) is 6.42 Å². The van der Waals surface area contributed by atoms with Gasteiger partial charge >= 0.3 is 6.11 Å². The molecule has 0 radical (unpaired) electrons. The Morgan fingerprint density at radius 1 is 1.00 bits per heavy atom. The van der Waals surface area contributed by atoms with Crippen molar-refractivity contribution in [2.45, 2.75) is 64.9 Å². The first kappa shape index (κ1) is 19.1. The van der Waals surface area contributed by atoms with E-state index in [0.29, 0.717) is 36.1 Å². The van der Waals surface area contributed by atoms with Gasteiger partial charge in [0.2, 0.25) is 0 Å². The molecule has 0 bridgehead atoms. The van der Waals surface area contributed by atoms with Crippen LogP contribution in [0.5, 0.6) is 5.75 Å². The summed E-state index contributed by atoms with van der Waals surface area (Å²) in [4.78, 5) is 0. The van der Waals surface area contributed by atoms with Crippen molar-refractivity contribution >= 4 is 10.8 Å². The number of halogens is 3. The van der Waals surface area contributed by atoms with Crippen LogP contribution in [0.25, 0.3) is 10.8 Å². The standard InChI is InChI=1S/C22H27F3O/c1-3-5-15-6-9-19(10-7-15)22(24,25)26-20-11-8-17-12-16(4-2)21(23)14-18(17)13-20/h8,11-15,19H,3-7,9-10H2,1-2H3. The summed E-state index contributed by atoms with van der Waals surface area (Å²) in [6, 6.07) is 7.94. The third-order valence-electron chi connectivity index (χ3n) is 5.63. The molecule has 2 aromatic carbocycles. The largest absolute Gasteiger partial charge is 0.432 e. The maximum Gasteiger partial charge on any atom is 0.400 e. The van der Waals surface area contributed by atoms with Crippen LogP contribution in [0.4, 0.5) is 13.2 Å². The highest BCUT2D eigenvalue weighted by molar-refractivity contribution is 5.84. The molecule has 1 aliphatic rings. The molecule has 3 rings (SSSR count). The summed E-state index contributed by atoms with van der Waals surface area (Å²) in [6.45, 7) is 4.02. The fraction of sp³-hybridized carbons (Fsp3) is 0.545. The van der Waals surface area contributed by atoms with Gasteiger partial charge in [0.15, 0.2) is 0 Å². The van der Waals surface area contributed by atoms with E-state index in [1.165, 1.54) is 12.1 Å². The second-order valence-corrected chi connectivity index (χ2v) is 7.48. The van der Waals surface area contributed by atoms with Crippen molar-refractivity contribution < 1.29 is 17.9 Å². The lowest BCUT2D eigenvalue weighted by Crippen LogP contribution is -2.37. The van der Waals surface area contributed by atoms with Crippen LogP contribution in [0.3, 0.4) is 0 Å². The van der Waals surface area contributed by atoms with Gasteiger partial charge in [0, 0.05) is 0 Å². The summed E-state index contributed by atoms with van der Waals surface area (Å²) in [5.74, 6) is -0.381. The molecule has 1 nitrogen and oxygen atoms in total. The van der Waals surface area contributed by atoms with Gasteiger partial charge < -0.3 is 4.74 Å². The van der Waals surface area contributed by atoms with Crippen molar-refractivity contribution in [2.24, 2.45) is 11.8 Å². The number of aryl methyl sites for hydroxylation is 1. The fourth-order valence-electron chi connectivity index (χ4n) is 4.07. The first-order valence-corrected chi connectivity index (χ1v) is 9.72. The van der Waals surface area contributed by atoms with Crippen molar-refractivity contribution in [3.8, 4) is 5.75 Å². The smallest absolute Gasteiger partial charge is 0.400 e. The predicted molar refractivity (Wildman–Crippen MR) is 99.2 cm³/mol. The van der Waals surface area contributed by atoms with E-state index in [1.807, 2.05) is 6.92 Å². The number of alkyl halides is 2. The molecule has 2 aromatic rings. The van der Waals surface area contributed by atoms with E-state index in [4.69, 9.17) is 4.74 Å². The molecule has 0 heterocycles. The zero-order valence-corrected chi connectivity index (χ0v) is 15.5. The summed E-state index contributed by atoms with van der Waals surface area (Å²) >= 11 is 0. The van der Waals surface area contributed by atoms with Gasteiger partial charge in [0.1, 0.15) is 11.6 Å². The summed E-state index contributed by atoms with van der Waals surface area (Å²) in [5.41, 5.74) is 0.625. The maximum absolute atomic E-state index is 14.6. The zero-order valence-electron chi connectivity index (χ0n) is 15.5. The molecule has 4 heteroatoms. The van der Waals surface area contributed by atoms with Crippen molar-refractivity contribution in [3.63, 3.8) is 0 Å². The van der Waals surface area contributed by atoms with Crippen molar-refractivity contribution in [2.75, 3.05) is 0 Å². The van der Waals surface area contributed by atoms with Crippen LogP contribution >= 0.6 is 0 Å². The molecule has 1 fully saturated rings. The topological polar surface area (TPSA) is 9.23 Å². The molecule has 1 saturated carbocycles. The van der Waals surface area contributed by atoms with Crippen LogP contribution in [0.2, 0.25) is 0 Å². The Labute approximate surface area is 153 Å². The first-order valence-electron chi connectivity index (χ1n) is 9.72. The average molecular weight is 364 g/mol. The predicted octanol–water partition coefficient (Wildman–Crippen LogP) is 7.12. The maximum atomic E-state index is 14.6.